The lowest BCUT2D eigenvalue weighted by molar-refractivity contribution is -0.130. The lowest BCUT2D eigenvalue weighted by Gasteiger charge is -2.27. The second kappa shape index (κ2) is 10.2. The van der Waals surface area contributed by atoms with Crippen molar-refractivity contribution in [3.05, 3.63) is 59.7 Å². The molecule has 1 aliphatic heterocycles. The van der Waals surface area contributed by atoms with Gasteiger partial charge in [-0.15, -0.1) is 0 Å². The highest BCUT2D eigenvalue weighted by Gasteiger charge is 2.24. The normalized spacial score (nSPS) is 13.2. The number of hydrogen-bond donors (Lipinski definition) is 3. The number of amides is 4. The largest absolute Gasteiger partial charge is 0.452 e. The molecule has 1 saturated heterocycles. The van der Waals surface area contributed by atoms with E-state index in [2.05, 4.69) is 16.1 Å². The first kappa shape index (κ1) is 22.5. The van der Waals surface area contributed by atoms with E-state index in [-0.39, 0.29) is 36.1 Å². The van der Waals surface area contributed by atoms with E-state index >= 15 is 0 Å². The Morgan fingerprint density at radius 3 is 2.50 bits per heavy atom. The van der Waals surface area contributed by atoms with E-state index in [9.17, 15) is 24.0 Å². The summed E-state index contributed by atoms with van der Waals surface area (Å²) in [6, 6.07) is 12.2. The zero-order valence-electron chi connectivity index (χ0n) is 17.3. The Kier molecular flexibility index (Phi) is 7.17. The van der Waals surface area contributed by atoms with Gasteiger partial charge < -0.3 is 15.4 Å². The molecule has 3 rings (SSSR count). The molecule has 32 heavy (non-hydrogen) atoms. The molecule has 1 heterocycles. The van der Waals surface area contributed by atoms with Crippen molar-refractivity contribution in [2.24, 2.45) is 0 Å². The van der Waals surface area contributed by atoms with Crippen molar-refractivity contribution in [3.63, 3.8) is 0 Å². The van der Waals surface area contributed by atoms with Crippen molar-refractivity contribution in [2.75, 3.05) is 23.5 Å². The number of esters is 1. The van der Waals surface area contributed by atoms with Crippen LogP contribution in [-0.2, 0) is 19.1 Å². The van der Waals surface area contributed by atoms with E-state index in [0.29, 0.717) is 23.5 Å². The first-order chi connectivity index (χ1) is 15.4. The smallest absolute Gasteiger partial charge is 0.338 e. The molecule has 3 N–H and O–H groups in total. The van der Waals surface area contributed by atoms with Crippen LogP contribution in [0, 0.1) is 0 Å². The highest BCUT2D eigenvalue weighted by molar-refractivity contribution is 6.02. The molecule has 1 aliphatic rings. The summed E-state index contributed by atoms with van der Waals surface area (Å²) in [5, 5.41) is 6.36. The average molecular weight is 438 g/mol. The van der Waals surface area contributed by atoms with Crippen molar-refractivity contribution in [2.45, 2.75) is 19.8 Å². The fourth-order valence-corrected chi connectivity index (χ4v) is 2.94. The van der Waals surface area contributed by atoms with Gasteiger partial charge in [0.2, 0.25) is 11.8 Å². The summed E-state index contributed by atoms with van der Waals surface area (Å²) in [4.78, 5) is 59.6. The molecule has 10 heteroatoms. The summed E-state index contributed by atoms with van der Waals surface area (Å²) in [7, 11) is 0. The summed E-state index contributed by atoms with van der Waals surface area (Å²) in [5.74, 6) is -2.07. The Morgan fingerprint density at radius 2 is 1.78 bits per heavy atom. The molecule has 4 amide bonds. The maximum absolute atomic E-state index is 12.2. The molecular weight excluding hydrogens is 416 g/mol. The van der Waals surface area contributed by atoms with Crippen LogP contribution in [0.3, 0.4) is 0 Å². The maximum atomic E-state index is 12.2. The number of rotatable bonds is 7. The predicted molar refractivity (Wildman–Crippen MR) is 115 cm³/mol. The average Bonchev–Trinajstić information content (AvgIpc) is 2.79. The number of hydrazine groups is 1. The molecule has 2 aromatic carbocycles. The summed E-state index contributed by atoms with van der Waals surface area (Å²) in [5.41, 5.74) is 3.84. The number of carbonyl (C=O) groups excluding carboxylic acids is 5. The third-order valence-electron chi connectivity index (χ3n) is 4.49. The number of carbonyl (C=O) groups is 5. The van der Waals surface area contributed by atoms with Crippen molar-refractivity contribution < 1.29 is 28.7 Å². The van der Waals surface area contributed by atoms with Gasteiger partial charge in [-0.2, -0.15) is 0 Å². The van der Waals surface area contributed by atoms with E-state index in [4.69, 9.17) is 4.74 Å². The van der Waals surface area contributed by atoms with Crippen LogP contribution in [0.2, 0.25) is 0 Å². The number of nitrogens with zero attached hydrogens (tertiary/aromatic N) is 1. The third-order valence-corrected chi connectivity index (χ3v) is 4.49. The van der Waals surface area contributed by atoms with Gasteiger partial charge in [-0.25, -0.2) is 9.80 Å². The predicted octanol–water partition coefficient (Wildman–Crippen LogP) is 1.39. The topological polar surface area (TPSA) is 134 Å². The Hall–Kier alpha value is -4.21. The van der Waals surface area contributed by atoms with Gasteiger partial charge in [0.25, 0.3) is 11.8 Å². The fourth-order valence-electron chi connectivity index (χ4n) is 2.94. The highest BCUT2D eigenvalue weighted by atomic mass is 16.5. The molecule has 1 fully saturated rings. The van der Waals surface area contributed by atoms with E-state index in [1.54, 1.807) is 25.1 Å². The second-order valence-electron chi connectivity index (χ2n) is 6.88. The minimum absolute atomic E-state index is 0.108. The van der Waals surface area contributed by atoms with E-state index in [1.807, 2.05) is 0 Å². The lowest BCUT2D eigenvalue weighted by atomic mass is 10.2. The number of nitrogens with one attached hydrogen (secondary N) is 3. The van der Waals surface area contributed by atoms with Crippen LogP contribution in [0.25, 0.3) is 0 Å². The zero-order valence-corrected chi connectivity index (χ0v) is 17.3. The molecule has 0 bridgehead atoms. The quantitative estimate of drug-likeness (QED) is 0.560. The molecule has 0 radical (unpaired) electrons. The van der Waals surface area contributed by atoms with Crippen LogP contribution in [0.1, 0.15) is 40.5 Å². The van der Waals surface area contributed by atoms with Gasteiger partial charge in [0.15, 0.2) is 6.61 Å². The number of ether oxygens (including phenoxy) is 1. The van der Waals surface area contributed by atoms with Crippen LogP contribution in [0.4, 0.5) is 11.4 Å². The molecule has 166 valence electrons. The first-order valence-corrected chi connectivity index (χ1v) is 9.95. The number of benzene rings is 2. The van der Waals surface area contributed by atoms with Crippen LogP contribution in [0.15, 0.2) is 48.5 Å². The van der Waals surface area contributed by atoms with Gasteiger partial charge in [0, 0.05) is 30.6 Å². The molecule has 0 saturated carbocycles. The van der Waals surface area contributed by atoms with Crippen LogP contribution >= 0.6 is 0 Å². The van der Waals surface area contributed by atoms with Crippen LogP contribution < -0.4 is 21.1 Å². The summed E-state index contributed by atoms with van der Waals surface area (Å²) < 4.78 is 5.02. The Labute approximate surface area is 183 Å². The van der Waals surface area contributed by atoms with Crippen molar-refractivity contribution in [1.29, 1.82) is 0 Å². The van der Waals surface area contributed by atoms with Crippen molar-refractivity contribution >= 4 is 41.0 Å². The minimum atomic E-state index is -0.725. The lowest BCUT2D eigenvalue weighted by Crippen LogP contribution is -2.50. The van der Waals surface area contributed by atoms with Crippen molar-refractivity contribution in [3.8, 4) is 0 Å². The number of anilines is 2. The monoisotopic (exact) mass is 438 g/mol. The zero-order chi connectivity index (χ0) is 23.1. The fraction of sp³-hybridized carbons (Fsp3) is 0.227. The second-order valence-corrected chi connectivity index (χ2v) is 6.88. The van der Waals surface area contributed by atoms with Crippen LogP contribution in [-0.4, -0.2) is 42.7 Å². The molecule has 0 atom stereocenters. The van der Waals surface area contributed by atoms with Gasteiger partial charge >= 0.3 is 5.97 Å². The van der Waals surface area contributed by atoms with E-state index < -0.39 is 18.5 Å². The highest BCUT2D eigenvalue weighted by Crippen LogP contribution is 2.18. The molecule has 0 spiro atoms. The maximum Gasteiger partial charge on any atom is 0.338 e. The summed E-state index contributed by atoms with van der Waals surface area (Å²) in [6.07, 6.45) is 0.245. The Morgan fingerprint density at radius 1 is 1.03 bits per heavy atom. The van der Waals surface area contributed by atoms with Gasteiger partial charge in [0.1, 0.15) is 0 Å². The first-order valence-electron chi connectivity index (χ1n) is 9.95. The summed E-state index contributed by atoms with van der Waals surface area (Å²) in [6.45, 7) is 1.76. The Balaban J connectivity index is 1.53. The third kappa shape index (κ3) is 5.69. The molecule has 10 nitrogen and oxygen atoms in total. The molecule has 0 unspecified atom stereocenters. The molecular formula is C22H22N4O6. The van der Waals surface area contributed by atoms with Gasteiger partial charge in [-0.3, -0.25) is 24.6 Å². The molecule has 0 aromatic heterocycles. The number of hydrogen-bond acceptors (Lipinski definition) is 6. The van der Waals surface area contributed by atoms with Crippen LogP contribution in [0.5, 0.6) is 0 Å². The van der Waals surface area contributed by atoms with Crippen molar-refractivity contribution in [1.82, 2.24) is 10.7 Å². The van der Waals surface area contributed by atoms with E-state index in [0.717, 1.165) is 5.01 Å². The van der Waals surface area contributed by atoms with E-state index in [1.165, 1.54) is 30.3 Å². The minimum Gasteiger partial charge on any atom is -0.452 e. The van der Waals surface area contributed by atoms with Gasteiger partial charge in [-0.05, 0) is 49.4 Å². The molecule has 0 aliphatic carbocycles. The summed E-state index contributed by atoms with van der Waals surface area (Å²) >= 11 is 0. The van der Waals surface area contributed by atoms with Gasteiger partial charge in [-0.1, -0.05) is 6.07 Å². The van der Waals surface area contributed by atoms with Gasteiger partial charge in [0.05, 0.1) is 11.3 Å². The standard InChI is InChI=1S/C22H22N4O6/c1-2-23-21(30)15-4-3-5-16(12-15)24-19(28)13-32-22(31)14-6-8-17(9-7-14)26-20(29)11-10-18(27)25-26/h3-9,12H,2,10-11,13H2,1H3,(H,23,30)(H,24,28)(H,25,27). The molecule has 2 aromatic rings. The SMILES string of the molecule is CCNC(=O)c1cccc(NC(=O)COC(=O)c2ccc(N3NC(=O)CCC3=O)cc2)c1. The Bertz CT molecular complexity index is 1050.